The van der Waals surface area contributed by atoms with Crippen molar-refractivity contribution in [2.45, 2.75) is 304 Å². The third-order valence-corrected chi connectivity index (χ3v) is 12.2. The predicted octanol–water partition coefficient (Wildman–Crippen LogP) is 17.3. The van der Waals surface area contributed by atoms with Crippen LogP contribution in [0.1, 0.15) is 298 Å². The summed E-state index contributed by atoms with van der Waals surface area (Å²) in [6.45, 7) is 11.3. The van der Waals surface area contributed by atoms with Crippen LogP contribution in [0.2, 0.25) is 0 Å². The van der Waals surface area contributed by atoms with Crippen molar-refractivity contribution < 1.29 is 28.6 Å². The molecule has 0 aliphatic carbocycles. The van der Waals surface area contributed by atoms with Gasteiger partial charge >= 0.3 is 17.9 Å². The first-order chi connectivity index (χ1) is 29.2. The summed E-state index contributed by atoms with van der Waals surface area (Å²) in [5.74, 6) is 0.757. The fourth-order valence-corrected chi connectivity index (χ4v) is 8.17. The number of carbonyl (C=O) groups excluding carboxylic acids is 3. The van der Waals surface area contributed by atoms with Crippen molar-refractivity contribution in [3.05, 3.63) is 0 Å². The monoisotopic (exact) mass is 849 g/mol. The number of rotatable bonds is 48. The van der Waals surface area contributed by atoms with Crippen LogP contribution in [0.4, 0.5) is 0 Å². The largest absolute Gasteiger partial charge is 0.462 e. The van der Waals surface area contributed by atoms with Gasteiger partial charge in [-0.3, -0.25) is 14.4 Å². The van der Waals surface area contributed by atoms with Crippen LogP contribution in [0.5, 0.6) is 0 Å². The maximum absolute atomic E-state index is 12.8. The Morgan fingerprint density at radius 1 is 0.317 bits per heavy atom. The molecular formula is C54H104O6. The first kappa shape index (κ1) is 58.4. The average Bonchev–Trinajstić information content (AvgIpc) is 3.22. The lowest BCUT2D eigenvalue weighted by Gasteiger charge is -2.18. The van der Waals surface area contributed by atoms with Crippen molar-refractivity contribution in [1.82, 2.24) is 0 Å². The van der Waals surface area contributed by atoms with Crippen molar-refractivity contribution in [3.63, 3.8) is 0 Å². The molecule has 6 nitrogen and oxygen atoms in total. The lowest BCUT2D eigenvalue weighted by Crippen LogP contribution is -2.30. The van der Waals surface area contributed by atoms with Crippen molar-refractivity contribution in [2.75, 3.05) is 13.2 Å². The number of carbonyl (C=O) groups is 3. The lowest BCUT2D eigenvalue weighted by molar-refractivity contribution is -0.167. The fraction of sp³-hybridized carbons (Fsp3) is 0.944. The first-order valence-corrected chi connectivity index (χ1v) is 26.7. The van der Waals surface area contributed by atoms with Crippen LogP contribution in [0, 0.1) is 11.8 Å². The third kappa shape index (κ3) is 47.5. The zero-order valence-electron chi connectivity index (χ0n) is 41.1. The zero-order valence-corrected chi connectivity index (χ0v) is 41.1. The van der Waals surface area contributed by atoms with E-state index < -0.39 is 6.10 Å². The summed E-state index contributed by atoms with van der Waals surface area (Å²) >= 11 is 0. The van der Waals surface area contributed by atoms with Crippen LogP contribution < -0.4 is 0 Å². The van der Waals surface area contributed by atoms with Gasteiger partial charge in [-0.2, -0.15) is 0 Å². The van der Waals surface area contributed by atoms with Gasteiger partial charge in [0.1, 0.15) is 13.2 Å². The maximum Gasteiger partial charge on any atom is 0.306 e. The quantitative estimate of drug-likeness (QED) is 0.0345. The van der Waals surface area contributed by atoms with Gasteiger partial charge in [-0.25, -0.2) is 0 Å². The molecule has 1 atom stereocenters. The average molecular weight is 849 g/mol. The normalized spacial score (nSPS) is 12.1. The highest BCUT2D eigenvalue weighted by atomic mass is 16.6. The Labute approximate surface area is 374 Å². The topological polar surface area (TPSA) is 78.9 Å². The first-order valence-electron chi connectivity index (χ1n) is 26.7. The number of ether oxygens (including phenoxy) is 3. The highest BCUT2D eigenvalue weighted by Gasteiger charge is 2.19. The van der Waals surface area contributed by atoms with Gasteiger partial charge < -0.3 is 14.2 Å². The third-order valence-electron chi connectivity index (χ3n) is 12.2. The molecule has 0 bridgehead atoms. The second-order valence-electron chi connectivity index (χ2n) is 19.5. The molecular weight excluding hydrogens is 745 g/mol. The number of unbranched alkanes of at least 4 members (excludes halogenated alkanes) is 33. The van der Waals surface area contributed by atoms with E-state index in [0.717, 1.165) is 69.6 Å². The van der Waals surface area contributed by atoms with Crippen LogP contribution in [0.3, 0.4) is 0 Å². The van der Waals surface area contributed by atoms with Gasteiger partial charge in [0.2, 0.25) is 0 Å². The van der Waals surface area contributed by atoms with Crippen LogP contribution >= 0.6 is 0 Å². The van der Waals surface area contributed by atoms with E-state index in [9.17, 15) is 14.4 Å². The molecule has 0 aliphatic heterocycles. The predicted molar refractivity (Wildman–Crippen MR) is 256 cm³/mol. The van der Waals surface area contributed by atoms with E-state index in [1.165, 1.54) is 186 Å². The van der Waals surface area contributed by atoms with E-state index in [-0.39, 0.29) is 31.1 Å². The van der Waals surface area contributed by atoms with Gasteiger partial charge in [-0.1, -0.05) is 259 Å². The molecule has 0 aliphatic rings. The highest BCUT2D eigenvalue weighted by molar-refractivity contribution is 5.71. The summed E-state index contributed by atoms with van der Waals surface area (Å²) in [6.07, 6.45) is 48.2. The van der Waals surface area contributed by atoms with Gasteiger partial charge in [0, 0.05) is 19.3 Å². The van der Waals surface area contributed by atoms with Crippen LogP contribution in [-0.2, 0) is 28.6 Å². The van der Waals surface area contributed by atoms with Crippen LogP contribution in [-0.4, -0.2) is 37.2 Å². The molecule has 0 aromatic heterocycles. The second-order valence-corrected chi connectivity index (χ2v) is 19.5. The molecule has 0 rings (SSSR count). The zero-order chi connectivity index (χ0) is 44.0. The second kappa shape index (κ2) is 46.9. The molecule has 0 radical (unpaired) electrons. The summed E-state index contributed by atoms with van der Waals surface area (Å²) in [5.41, 5.74) is 0. The Morgan fingerprint density at radius 3 is 0.817 bits per heavy atom. The van der Waals surface area contributed by atoms with Gasteiger partial charge in [-0.15, -0.1) is 0 Å². The Bertz CT molecular complexity index is 916. The van der Waals surface area contributed by atoms with E-state index in [1.807, 2.05) is 0 Å². The highest BCUT2D eigenvalue weighted by Crippen LogP contribution is 2.17. The summed E-state index contributed by atoms with van der Waals surface area (Å²) < 4.78 is 16.8. The Kier molecular flexibility index (Phi) is 45.7. The van der Waals surface area contributed by atoms with Gasteiger partial charge in [0.15, 0.2) is 6.10 Å². The number of hydrogen-bond donors (Lipinski definition) is 0. The SMILES string of the molecule is CCCCCCCCCCCCCCCCCCCCC(=O)OC[C@H](COC(=O)CCCCCCCCCC(C)C)OC(=O)CCCCCCCCCCCCCC(C)C. The molecule has 0 fully saturated rings. The van der Waals surface area contributed by atoms with Crippen LogP contribution in [0.25, 0.3) is 0 Å². The Hall–Kier alpha value is -1.59. The minimum Gasteiger partial charge on any atom is -0.462 e. The molecule has 0 saturated carbocycles. The molecule has 0 unspecified atom stereocenters. The molecule has 356 valence electrons. The number of hydrogen-bond acceptors (Lipinski definition) is 6. The molecule has 0 spiro atoms. The lowest BCUT2D eigenvalue weighted by atomic mass is 10.0. The standard InChI is InChI=1S/C54H104O6/c1-6-7-8-9-10-11-12-13-14-15-16-17-18-21-24-29-34-39-44-52(55)58-47-51(48-59-53(56)45-40-35-31-26-28-33-38-43-50(4)5)60-54(57)46-41-36-30-25-22-19-20-23-27-32-37-42-49(2)3/h49-51H,6-48H2,1-5H3/t51-/m1/s1. The van der Waals surface area contributed by atoms with E-state index in [4.69, 9.17) is 14.2 Å². The Morgan fingerprint density at radius 2 is 0.550 bits per heavy atom. The van der Waals surface area contributed by atoms with Crippen LogP contribution in [0.15, 0.2) is 0 Å². The summed E-state index contributed by atoms with van der Waals surface area (Å²) in [6, 6.07) is 0. The molecule has 0 saturated heterocycles. The molecule has 0 amide bonds. The van der Waals surface area contributed by atoms with Crippen molar-refractivity contribution in [3.8, 4) is 0 Å². The minimum atomic E-state index is -0.762. The summed E-state index contributed by atoms with van der Waals surface area (Å²) in [5, 5.41) is 0. The van der Waals surface area contributed by atoms with Crippen molar-refractivity contribution in [1.29, 1.82) is 0 Å². The summed E-state index contributed by atoms with van der Waals surface area (Å²) in [4.78, 5) is 37.9. The molecule has 0 aromatic rings. The van der Waals surface area contributed by atoms with Crippen molar-refractivity contribution >= 4 is 17.9 Å². The molecule has 0 N–H and O–H groups in total. The molecule has 0 heterocycles. The van der Waals surface area contributed by atoms with Gasteiger partial charge in [0.25, 0.3) is 0 Å². The Balaban J connectivity index is 4.26. The van der Waals surface area contributed by atoms with E-state index in [0.29, 0.717) is 19.3 Å². The maximum atomic E-state index is 12.8. The fourth-order valence-electron chi connectivity index (χ4n) is 8.17. The minimum absolute atomic E-state index is 0.0641. The van der Waals surface area contributed by atoms with Gasteiger partial charge in [0.05, 0.1) is 0 Å². The smallest absolute Gasteiger partial charge is 0.306 e. The molecule has 0 aromatic carbocycles. The summed E-state index contributed by atoms with van der Waals surface area (Å²) in [7, 11) is 0. The van der Waals surface area contributed by atoms with E-state index in [1.54, 1.807) is 0 Å². The van der Waals surface area contributed by atoms with E-state index >= 15 is 0 Å². The number of esters is 3. The van der Waals surface area contributed by atoms with Gasteiger partial charge in [-0.05, 0) is 31.1 Å². The molecule has 60 heavy (non-hydrogen) atoms. The van der Waals surface area contributed by atoms with E-state index in [2.05, 4.69) is 34.6 Å². The van der Waals surface area contributed by atoms with Crippen molar-refractivity contribution in [2.24, 2.45) is 11.8 Å². The molecule has 6 heteroatoms.